The molecular weight excluding hydrogens is 254 g/mol. The molecule has 0 radical (unpaired) electrons. The number of aromatic nitrogens is 1. The van der Waals surface area contributed by atoms with Gasteiger partial charge >= 0.3 is 0 Å². The quantitative estimate of drug-likeness (QED) is 0.899. The molecule has 108 valence electrons. The number of nitrogens with zero attached hydrogens (tertiary/aromatic N) is 2. The summed E-state index contributed by atoms with van der Waals surface area (Å²) in [6, 6.07) is 0. The summed E-state index contributed by atoms with van der Waals surface area (Å²) in [4.78, 5) is 8.69. The number of rotatable bonds is 5. The Morgan fingerprint density at radius 2 is 2.26 bits per heavy atom. The van der Waals surface area contributed by atoms with Gasteiger partial charge in [0.05, 0.1) is 10.7 Å². The maximum absolute atomic E-state index is 4.81. The zero-order valence-electron chi connectivity index (χ0n) is 12.9. The number of nitrogens with one attached hydrogen (secondary N) is 1. The summed E-state index contributed by atoms with van der Waals surface area (Å²) in [5.41, 5.74) is 1.56. The van der Waals surface area contributed by atoms with E-state index in [1.165, 1.54) is 22.0 Å². The highest BCUT2D eigenvalue weighted by Crippen LogP contribution is 2.40. The van der Waals surface area contributed by atoms with Gasteiger partial charge in [0.2, 0.25) is 0 Å². The molecule has 2 atom stereocenters. The monoisotopic (exact) mass is 281 g/mol. The van der Waals surface area contributed by atoms with Crippen molar-refractivity contribution in [3.8, 4) is 0 Å². The first kappa shape index (κ1) is 14.9. The maximum atomic E-state index is 4.81. The first-order chi connectivity index (χ1) is 8.97. The second-order valence-electron chi connectivity index (χ2n) is 6.20. The van der Waals surface area contributed by atoms with Gasteiger partial charge in [-0.1, -0.05) is 20.8 Å². The highest BCUT2D eigenvalue weighted by Gasteiger charge is 2.40. The van der Waals surface area contributed by atoms with Crippen molar-refractivity contribution in [2.24, 2.45) is 5.92 Å². The lowest BCUT2D eigenvalue weighted by molar-refractivity contribution is 0.317. The largest absolute Gasteiger partial charge is 0.316 e. The van der Waals surface area contributed by atoms with Crippen LogP contribution in [0, 0.1) is 12.8 Å². The molecule has 1 fully saturated rings. The Bertz CT molecular complexity index is 429. The minimum Gasteiger partial charge on any atom is -0.316 e. The van der Waals surface area contributed by atoms with E-state index in [1.807, 2.05) is 11.3 Å². The second-order valence-corrected chi connectivity index (χ2v) is 7.40. The molecule has 0 saturated carbocycles. The van der Waals surface area contributed by atoms with Crippen molar-refractivity contribution in [3.63, 3.8) is 0 Å². The van der Waals surface area contributed by atoms with Crippen LogP contribution in [0.15, 0.2) is 0 Å². The Morgan fingerprint density at radius 3 is 2.84 bits per heavy atom. The molecule has 3 nitrogen and oxygen atoms in total. The van der Waals surface area contributed by atoms with Gasteiger partial charge < -0.3 is 10.2 Å². The molecule has 0 spiro atoms. The van der Waals surface area contributed by atoms with Crippen LogP contribution in [-0.2, 0) is 12.0 Å². The van der Waals surface area contributed by atoms with Gasteiger partial charge in [-0.15, -0.1) is 11.3 Å². The van der Waals surface area contributed by atoms with Gasteiger partial charge in [-0.25, -0.2) is 4.98 Å². The van der Waals surface area contributed by atoms with E-state index in [2.05, 4.69) is 45.0 Å². The van der Waals surface area contributed by atoms with Gasteiger partial charge in [0, 0.05) is 23.4 Å². The third-order valence-electron chi connectivity index (χ3n) is 4.38. The molecule has 19 heavy (non-hydrogen) atoms. The summed E-state index contributed by atoms with van der Waals surface area (Å²) in [7, 11) is 2.20. The Morgan fingerprint density at radius 1 is 1.53 bits per heavy atom. The minimum atomic E-state index is 0.258. The SMILES string of the molecule is CCCN(C)Cc1nc(C)sc1C1(C)CNCC1C. The standard InChI is InChI=1S/C15H27N3S/c1-6-7-18(5)9-13-14(19-12(3)17-13)15(4)10-16-8-11(15)2/h11,16H,6-10H2,1-5H3. The highest BCUT2D eigenvalue weighted by molar-refractivity contribution is 7.11. The molecule has 1 aliphatic rings. The first-order valence-corrected chi connectivity index (χ1v) is 8.15. The zero-order chi connectivity index (χ0) is 14.0. The third-order valence-corrected chi connectivity index (χ3v) is 5.67. The van der Waals surface area contributed by atoms with Crippen molar-refractivity contribution in [2.75, 3.05) is 26.7 Å². The molecule has 0 aliphatic carbocycles. The van der Waals surface area contributed by atoms with Crippen LogP contribution in [0.5, 0.6) is 0 Å². The molecule has 1 aromatic rings. The Kier molecular flexibility index (Phi) is 4.64. The van der Waals surface area contributed by atoms with Crippen molar-refractivity contribution in [2.45, 2.75) is 46.1 Å². The van der Waals surface area contributed by atoms with E-state index in [0.717, 1.165) is 26.2 Å². The van der Waals surface area contributed by atoms with Crippen LogP contribution in [-0.4, -0.2) is 36.6 Å². The molecule has 1 N–H and O–H groups in total. The smallest absolute Gasteiger partial charge is 0.0900 e. The van der Waals surface area contributed by atoms with Crippen LogP contribution in [0.3, 0.4) is 0 Å². The van der Waals surface area contributed by atoms with E-state index in [4.69, 9.17) is 4.98 Å². The second kappa shape index (κ2) is 5.90. The van der Waals surface area contributed by atoms with Gasteiger partial charge in [-0.05, 0) is 39.4 Å². The molecule has 0 amide bonds. The maximum Gasteiger partial charge on any atom is 0.0900 e. The number of hydrogen-bond donors (Lipinski definition) is 1. The fourth-order valence-corrected chi connectivity index (χ4v) is 4.18. The fraction of sp³-hybridized carbons (Fsp3) is 0.800. The van der Waals surface area contributed by atoms with Gasteiger partial charge in [-0.2, -0.15) is 0 Å². The highest BCUT2D eigenvalue weighted by atomic mass is 32.1. The van der Waals surface area contributed by atoms with Crippen LogP contribution < -0.4 is 5.32 Å². The number of thiazole rings is 1. The van der Waals surface area contributed by atoms with Gasteiger partial charge in [-0.3, -0.25) is 0 Å². The predicted octanol–water partition coefficient (Wildman–Crippen LogP) is 2.79. The van der Waals surface area contributed by atoms with E-state index < -0.39 is 0 Å². The first-order valence-electron chi connectivity index (χ1n) is 7.33. The zero-order valence-corrected chi connectivity index (χ0v) is 13.7. The van der Waals surface area contributed by atoms with E-state index >= 15 is 0 Å². The molecule has 2 rings (SSSR count). The van der Waals surface area contributed by atoms with Crippen molar-refractivity contribution >= 4 is 11.3 Å². The van der Waals surface area contributed by atoms with E-state index in [1.54, 1.807) is 0 Å². The topological polar surface area (TPSA) is 28.2 Å². The third kappa shape index (κ3) is 3.01. The molecule has 2 unspecified atom stereocenters. The van der Waals surface area contributed by atoms with Crippen molar-refractivity contribution in [1.82, 2.24) is 15.2 Å². The summed E-state index contributed by atoms with van der Waals surface area (Å²) in [6.07, 6.45) is 1.20. The molecule has 0 bridgehead atoms. The van der Waals surface area contributed by atoms with Crippen molar-refractivity contribution in [3.05, 3.63) is 15.6 Å². The lowest BCUT2D eigenvalue weighted by Gasteiger charge is -2.28. The van der Waals surface area contributed by atoms with Crippen molar-refractivity contribution in [1.29, 1.82) is 0 Å². The molecular formula is C15H27N3S. The van der Waals surface area contributed by atoms with Crippen LogP contribution in [0.4, 0.5) is 0 Å². The summed E-state index contributed by atoms with van der Waals surface area (Å²) < 4.78 is 0. The average molecular weight is 281 g/mol. The molecule has 1 saturated heterocycles. The number of hydrogen-bond acceptors (Lipinski definition) is 4. The molecule has 0 aromatic carbocycles. The normalized spacial score (nSPS) is 27.4. The summed E-state index contributed by atoms with van der Waals surface area (Å²) in [5, 5.41) is 4.75. The average Bonchev–Trinajstić information content (AvgIpc) is 2.85. The minimum absolute atomic E-state index is 0.258. The fourth-order valence-electron chi connectivity index (χ4n) is 2.99. The van der Waals surface area contributed by atoms with Crippen molar-refractivity contribution < 1.29 is 0 Å². The van der Waals surface area contributed by atoms with E-state index in [9.17, 15) is 0 Å². The molecule has 1 aromatic heterocycles. The van der Waals surface area contributed by atoms with Crippen LogP contribution in [0.1, 0.15) is 42.8 Å². The van der Waals surface area contributed by atoms with Gasteiger partial charge in [0.15, 0.2) is 0 Å². The molecule has 1 aliphatic heterocycles. The summed E-state index contributed by atoms with van der Waals surface area (Å²) in [6.45, 7) is 13.4. The van der Waals surface area contributed by atoms with E-state index in [-0.39, 0.29) is 5.41 Å². The number of aryl methyl sites for hydroxylation is 1. The lowest BCUT2D eigenvalue weighted by atomic mass is 9.79. The van der Waals surface area contributed by atoms with Gasteiger partial charge in [0.25, 0.3) is 0 Å². The Hall–Kier alpha value is -0.450. The Balaban J connectivity index is 2.25. The summed E-state index contributed by atoms with van der Waals surface area (Å²) >= 11 is 1.90. The van der Waals surface area contributed by atoms with Crippen LogP contribution in [0.25, 0.3) is 0 Å². The molecule has 2 heterocycles. The van der Waals surface area contributed by atoms with Gasteiger partial charge in [0.1, 0.15) is 0 Å². The van der Waals surface area contributed by atoms with Crippen LogP contribution in [0.2, 0.25) is 0 Å². The molecule has 4 heteroatoms. The van der Waals surface area contributed by atoms with Crippen LogP contribution >= 0.6 is 11.3 Å². The summed E-state index contributed by atoms with van der Waals surface area (Å²) in [5.74, 6) is 0.683. The van der Waals surface area contributed by atoms with E-state index in [0.29, 0.717) is 5.92 Å². The lowest BCUT2D eigenvalue weighted by Crippen LogP contribution is -2.31. The Labute approximate surface area is 121 Å². The predicted molar refractivity (Wildman–Crippen MR) is 82.9 cm³/mol.